The van der Waals surface area contributed by atoms with Gasteiger partial charge in [0.05, 0.1) is 0 Å². The van der Waals surface area contributed by atoms with E-state index in [0.29, 0.717) is 0 Å². The number of ketones is 1. The molecular weight excluding hydrogens is 182 g/mol. The molecule has 0 amide bonds. The van der Waals surface area contributed by atoms with E-state index in [9.17, 15) is 9.59 Å². The zero-order chi connectivity index (χ0) is 11.5. The van der Waals surface area contributed by atoms with Gasteiger partial charge in [0.15, 0.2) is 5.78 Å². The number of esters is 1. The molecular formula is C10H17NO3. The van der Waals surface area contributed by atoms with Crippen molar-refractivity contribution in [3.63, 3.8) is 0 Å². The van der Waals surface area contributed by atoms with Crippen LogP contribution in [0.2, 0.25) is 0 Å². The van der Waals surface area contributed by atoms with Crippen LogP contribution in [0.5, 0.6) is 0 Å². The van der Waals surface area contributed by atoms with E-state index in [2.05, 4.69) is 0 Å². The maximum Gasteiger partial charge on any atom is 0.344 e. The summed E-state index contributed by atoms with van der Waals surface area (Å²) in [6.07, 6.45) is 0. The highest BCUT2D eigenvalue weighted by Crippen LogP contribution is 2.12. The molecule has 0 aromatic heterocycles. The number of allylic oxidation sites excluding steroid dienone is 1. The zero-order valence-electron chi connectivity index (χ0n) is 9.30. The molecule has 2 N–H and O–H groups in total. The highest BCUT2D eigenvalue weighted by Gasteiger charge is 2.23. The molecule has 0 fully saturated rings. The number of ether oxygens (including phenoxy) is 1. The molecule has 4 nitrogen and oxygen atoms in total. The van der Waals surface area contributed by atoms with Crippen LogP contribution in [0.1, 0.15) is 34.6 Å². The van der Waals surface area contributed by atoms with Gasteiger partial charge in [-0.05, 0) is 34.6 Å². The third-order valence-corrected chi connectivity index (χ3v) is 1.35. The second-order valence-electron chi connectivity index (χ2n) is 4.12. The van der Waals surface area contributed by atoms with Gasteiger partial charge in [-0.25, -0.2) is 4.79 Å². The normalized spacial score (nSPS) is 13.2. The third kappa shape index (κ3) is 4.07. The van der Waals surface area contributed by atoms with Crippen LogP contribution in [0.15, 0.2) is 11.3 Å². The molecule has 4 heteroatoms. The fourth-order valence-electron chi connectivity index (χ4n) is 0.912. The van der Waals surface area contributed by atoms with E-state index in [-0.39, 0.29) is 17.1 Å². The lowest BCUT2D eigenvalue weighted by atomic mass is 10.1. The Bertz CT molecular complexity index is 280. The minimum atomic E-state index is -0.662. The number of hydrogen-bond acceptors (Lipinski definition) is 4. The van der Waals surface area contributed by atoms with Crippen LogP contribution in [0.25, 0.3) is 0 Å². The Labute approximate surface area is 84.1 Å². The minimum absolute atomic E-state index is 0.0695. The van der Waals surface area contributed by atoms with Gasteiger partial charge in [-0.2, -0.15) is 0 Å². The highest BCUT2D eigenvalue weighted by molar-refractivity contribution is 6.16. The summed E-state index contributed by atoms with van der Waals surface area (Å²) in [5, 5.41) is 0. The van der Waals surface area contributed by atoms with Crippen LogP contribution in [0.3, 0.4) is 0 Å². The van der Waals surface area contributed by atoms with Crippen molar-refractivity contribution < 1.29 is 14.3 Å². The molecule has 0 saturated carbocycles. The summed E-state index contributed by atoms with van der Waals surface area (Å²) < 4.78 is 5.02. The van der Waals surface area contributed by atoms with Gasteiger partial charge < -0.3 is 10.5 Å². The van der Waals surface area contributed by atoms with E-state index < -0.39 is 11.6 Å². The van der Waals surface area contributed by atoms with Gasteiger partial charge in [-0.3, -0.25) is 4.79 Å². The Morgan fingerprint density at radius 2 is 1.57 bits per heavy atom. The summed E-state index contributed by atoms with van der Waals surface area (Å²) in [6, 6.07) is 0. The van der Waals surface area contributed by atoms with Crippen molar-refractivity contribution in [2.24, 2.45) is 5.73 Å². The minimum Gasteiger partial charge on any atom is -0.456 e. The fourth-order valence-corrected chi connectivity index (χ4v) is 0.912. The second kappa shape index (κ2) is 4.26. The maximum atomic E-state index is 11.5. The predicted octanol–water partition coefficient (Wildman–Crippen LogP) is 1.15. The summed E-state index contributed by atoms with van der Waals surface area (Å²) in [5.41, 5.74) is 4.91. The Kier molecular flexibility index (Phi) is 3.86. The van der Waals surface area contributed by atoms with Crippen molar-refractivity contribution in [2.45, 2.75) is 40.2 Å². The largest absolute Gasteiger partial charge is 0.456 e. The quantitative estimate of drug-likeness (QED) is 0.313. The Morgan fingerprint density at radius 3 is 1.79 bits per heavy atom. The zero-order valence-corrected chi connectivity index (χ0v) is 9.30. The molecule has 0 aliphatic heterocycles. The van der Waals surface area contributed by atoms with Gasteiger partial charge in [0.25, 0.3) is 0 Å². The fraction of sp³-hybridized carbons (Fsp3) is 0.600. The first-order valence-corrected chi connectivity index (χ1v) is 4.36. The lowest BCUT2D eigenvalue weighted by molar-refractivity contribution is -0.150. The van der Waals surface area contributed by atoms with Crippen LogP contribution in [0, 0.1) is 0 Å². The van der Waals surface area contributed by atoms with Crippen molar-refractivity contribution in [3.8, 4) is 0 Å². The Morgan fingerprint density at radius 1 is 1.14 bits per heavy atom. The summed E-state index contributed by atoms with van der Waals surface area (Å²) >= 11 is 0. The smallest absolute Gasteiger partial charge is 0.344 e. The van der Waals surface area contributed by atoms with Gasteiger partial charge in [0.2, 0.25) is 0 Å². The number of carbonyl (C=O) groups excluding carboxylic acids is 2. The molecule has 0 aliphatic carbocycles. The number of nitrogens with two attached hydrogens (primary N) is 1. The van der Waals surface area contributed by atoms with Crippen LogP contribution in [0.4, 0.5) is 0 Å². The lowest BCUT2D eigenvalue weighted by Gasteiger charge is -2.20. The standard InChI is InChI=1S/C10H17NO3/c1-6(11)8(7(2)12)9(13)14-10(3,4)5/h11H2,1-5H3/b8-6-. The van der Waals surface area contributed by atoms with Crippen molar-refractivity contribution in [1.29, 1.82) is 0 Å². The molecule has 0 unspecified atom stereocenters. The third-order valence-electron chi connectivity index (χ3n) is 1.35. The summed E-state index contributed by atoms with van der Waals surface area (Å²) in [7, 11) is 0. The molecule has 0 bridgehead atoms. The van der Waals surface area contributed by atoms with Crippen LogP contribution >= 0.6 is 0 Å². The van der Waals surface area contributed by atoms with Gasteiger partial charge in [-0.15, -0.1) is 0 Å². The first-order chi connectivity index (χ1) is 6.15. The van der Waals surface area contributed by atoms with Crippen molar-refractivity contribution in [2.75, 3.05) is 0 Å². The van der Waals surface area contributed by atoms with Crippen LogP contribution in [-0.2, 0) is 14.3 Å². The number of Topliss-reactive ketones (excluding diaryl/α,β-unsaturated/α-hetero) is 1. The van der Waals surface area contributed by atoms with E-state index in [1.807, 2.05) is 0 Å². The molecule has 0 aromatic carbocycles. The van der Waals surface area contributed by atoms with E-state index in [4.69, 9.17) is 10.5 Å². The molecule has 0 rings (SSSR count). The number of hydrogen-bond donors (Lipinski definition) is 1. The molecule has 0 aliphatic rings. The van der Waals surface area contributed by atoms with Gasteiger partial charge >= 0.3 is 5.97 Å². The Balaban J connectivity index is 4.84. The molecule has 0 spiro atoms. The second-order valence-corrected chi connectivity index (χ2v) is 4.12. The maximum absolute atomic E-state index is 11.5. The average Bonchev–Trinajstić information content (AvgIpc) is 1.78. The van der Waals surface area contributed by atoms with E-state index in [1.165, 1.54) is 13.8 Å². The van der Waals surface area contributed by atoms with Gasteiger partial charge in [0.1, 0.15) is 11.2 Å². The van der Waals surface area contributed by atoms with E-state index in [1.54, 1.807) is 20.8 Å². The number of carbonyl (C=O) groups is 2. The molecule has 0 heterocycles. The summed E-state index contributed by atoms with van der Waals surface area (Å²) in [4.78, 5) is 22.5. The molecule has 14 heavy (non-hydrogen) atoms. The average molecular weight is 199 g/mol. The Hall–Kier alpha value is -1.32. The lowest BCUT2D eigenvalue weighted by Crippen LogP contribution is -2.28. The van der Waals surface area contributed by atoms with Crippen molar-refractivity contribution in [1.82, 2.24) is 0 Å². The van der Waals surface area contributed by atoms with Crippen LogP contribution in [-0.4, -0.2) is 17.4 Å². The van der Waals surface area contributed by atoms with Crippen molar-refractivity contribution >= 4 is 11.8 Å². The summed E-state index contributed by atoms with van der Waals surface area (Å²) in [5.74, 6) is -1.04. The SMILES string of the molecule is CC(=O)/C(C(=O)OC(C)(C)C)=C(\C)N. The molecule has 0 saturated heterocycles. The van der Waals surface area contributed by atoms with Crippen molar-refractivity contribution in [3.05, 3.63) is 11.3 Å². The topological polar surface area (TPSA) is 69.4 Å². The first-order valence-electron chi connectivity index (χ1n) is 4.36. The predicted molar refractivity (Wildman–Crippen MR) is 53.4 cm³/mol. The first kappa shape index (κ1) is 12.7. The van der Waals surface area contributed by atoms with Gasteiger partial charge in [-0.1, -0.05) is 0 Å². The van der Waals surface area contributed by atoms with Crippen LogP contribution < -0.4 is 5.73 Å². The number of rotatable bonds is 2. The summed E-state index contributed by atoms with van der Waals surface area (Å²) in [6.45, 7) is 7.98. The highest BCUT2D eigenvalue weighted by atomic mass is 16.6. The monoisotopic (exact) mass is 199 g/mol. The molecule has 0 aromatic rings. The molecule has 0 atom stereocenters. The molecule has 80 valence electrons. The van der Waals surface area contributed by atoms with Gasteiger partial charge in [0, 0.05) is 5.70 Å². The van der Waals surface area contributed by atoms with E-state index in [0.717, 1.165) is 0 Å². The molecule has 0 radical (unpaired) electrons. The van der Waals surface area contributed by atoms with E-state index >= 15 is 0 Å².